The lowest BCUT2D eigenvalue weighted by Crippen LogP contribution is -2.48. The highest BCUT2D eigenvalue weighted by Crippen LogP contribution is 2.22. The van der Waals surface area contributed by atoms with E-state index in [1.807, 2.05) is 19.2 Å². The van der Waals surface area contributed by atoms with Crippen molar-refractivity contribution in [2.45, 2.75) is 31.0 Å². The average molecular weight is 380 g/mol. The molecule has 1 aliphatic rings. The second kappa shape index (κ2) is 7.25. The van der Waals surface area contributed by atoms with Gasteiger partial charge in [0, 0.05) is 24.2 Å². The van der Waals surface area contributed by atoms with E-state index in [0.717, 1.165) is 0 Å². The molecule has 2 heterocycles. The van der Waals surface area contributed by atoms with Gasteiger partial charge in [-0.2, -0.15) is 15.6 Å². The molecule has 0 saturated carbocycles. The fourth-order valence-electron chi connectivity index (χ4n) is 2.78. The summed E-state index contributed by atoms with van der Waals surface area (Å²) in [5, 5.41) is 6.34. The third kappa shape index (κ3) is 4.09. The molecule has 2 aromatic rings. The summed E-state index contributed by atoms with van der Waals surface area (Å²) in [7, 11) is -3.57. The number of nitrogens with zero attached hydrogens (tertiary/aromatic N) is 1. The molecule has 0 radical (unpaired) electrons. The maximum absolute atomic E-state index is 12.8. The van der Waals surface area contributed by atoms with Crippen molar-refractivity contribution < 1.29 is 17.9 Å². The Kier molecular flexibility index (Phi) is 5.24. The molecule has 2 unspecified atom stereocenters. The number of carbonyl (C=O) groups excluding carboxylic acids is 1. The number of benzene rings is 1. The summed E-state index contributed by atoms with van der Waals surface area (Å²) in [6.45, 7) is 4.40. The lowest BCUT2D eigenvalue weighted by atomic mass is 10.3. The van der Waals surface area contributed by atoms with Gasteiger partial charge in [0.25, 0.3) is 5.91 Å². The number of amides is 1. The largest absolute Gasteiger partial charge is 0.373 e. The number of hydrogen-bond donors (Lipinski definition) is 1. The second-order valence-electron chi connectivity index (χ2n) is 6.07. The van der Waals surface area contributed by atoms with Crippen molar-refractivity contribution in [3.8, 4) is 0 Å². The minimum absolute atomic E-state index is 0.136. The molecule has 0 spiro atoms. The number of rotatable bonds is 4. The van der Waals surface area contributed by atoms with E-state index in [-0.39, 0.29) is 23.0 Å². The van der Waals surface area contributed by atoms with Gasteiger partial charge in [-0.1, -0.05) is 0 Å². The maximum atomic E-state index is 12.8. The number of sulfonamides is 1. The summed E-state index contributed by atoms with van der Waals surface area (Å²) in [5.74, 6) is -0.215. The molecule has 1 amide bonds. The molecule has 1 fully saturated rings. The molecule has 6 nitrogen and oxygen atoms in total. The SMILES string of the molecule is CC1CN(S(=O)(=O)c2ccc(NC(=O)c3ccsc3)cc2)CC(C)O1. The van der Waals surface area contributed by atoms with E-state index in [0.29, 0.717) is 24.3 Å². The molecule has 134 valence electrons. The number of thiophene rings is 1. The highest BCUT2D eigenvalue weighted by molar-refractivity contribution is 7.89. The van der Waals surface area contributed by atoms with Crippen LogP contribution in [0.3, 0.4) is 0 Å². The summed E-state index contributed by atoms with van der Waals surface area (Å²) in [6, 6.07) is 7.97. The third-order valence-electron chi connectivity index (χ3n) is 3.92. The Morgan fingerprint density at radius 2 is 1.80 bits per heavy atom. The van der Waals surface area contributed by atoms with E-state index >= 15 is 0 Å². The molecule has 0 aliphatic carbocycles. The number of hydrogen-bond acceptors (Lipinski definition) is 5. The Labute approximate surface area is 151 Å². The molecule has 1 aromatic carbocycles. The summed E-state index contributed by atoms with van der Waals surface area (Å²) in [5.41, 5.74) is 1.14. The van der Waals surface area contributed by atoms with Gasteiger partial charge in [0.1, 0.15) is 0 Å². The first-order chi connectivity index (χ1) is 11.9. The zero-order chi connectivity index (χ0) is 18.0. The number of carbonyl (C=O) groups is 1. The molecule has 25 heavy (non-hydrogen) atoms. The van der Waals surface area contributed by atoms with Crippen LogP contribution < -0.4 is 5.32 Å². The first-order valence-electron chi connectivity index (χ1n) is 7.95. The van der Waals surface area contributed by atoms with Crippen LogP contribution in [-0.4, -0.2) is 43.9 Å². The molecule has 0 bridgehead atoms. The fourth-order valence-corrected chi connectivity index (χ4v) is 5.01. The van der Waals surface area contributed by atoms with E-state index in [1.54, 1.807) is 23.6 Å². The number of morpholine rings is 1. The molecule has 8 heteroatoms. The van der Waals surface area contributed by atoms with Crippen molar-refractivity contribution in [2.75, 3.05) is 18.4 Å². The van der Waals surface area contributed by atoms with Crippen LogP contribution in [0.1, 0.15) is 24.2 Å². The molecule has 1 aliphatic heterocycles. The van der Waals surface area contributed by atoms with Crippen LogP contribution in [0.25, 0.3) is 0 Å². The van der Waals surface area contributed by atoms with E-state index < -0.39 is 10.0 Å². The molecule has 3 rings (SSSR count). The Morgan fingerprint density at radius 1 is 1.16 bits per heavy atom. The molecule has 1 aromatic heterocycles. The summed E-state index contributed by atoms with van der Waals surface area (Å²) in [4.78, 5) is 12.2. The van der Waals surface area contributed by atoms with Gasteiger partial charge < -0.3 is 10.1 Å². The van der Waals surface area contributed by atoms with E-state index in [9.17, 15) is 13.2 Å². The number of anilines is 1. The molecule has 1 saturated heterocycles. The van der Waals surface area contributed by atoms with Crippen molar-refractivity contribution >= 4 is 33.0 Å². The van der Waals surface area contributed by atoms with Crippen LogP contribution in [0.15, 0.2) is 46.0 Å². The molecule has 1 N–H and O–H groups in total. The van der Waals surface area contributed by atoms with Crippen LogP contribution in [0.2, 0.25) is 0 Å². The molecular formula is C17H20N2O4S2. The minimum Gasteiger partial charge on any atom is -0.373 e. The topological polar surface area (TPSA) is 75.7 Å². The van der Waals surface area contributed by atoms with Crippen molar-refractivity contribution in [3.05, 3.63) is 46.7 Å². The number of nitrogens with one attached hydrogen (secondary N) is 1. The van der Waals surface area contributed by atoms with Gasteiger partial charge in [0.2, 0.25) is 10.0 Å². The quantitative estimate of drug-likeness (QED) is 0.885. The van der Waals surface area contributed by atoms with Crippen LogP contribution in [0, 0.1) is 0 Å². The maximum Gasteiger partial charge on any atom is 0.256 e. The Hall–Kier alpha value is -1.74. The highest BCUT2D eigenvalue weighted by atomic mass is 32.2. The van der Waals surface area contributed by atoms with Crippen molar-refractivity contribution in [1.82, 2.24) is 4.31 Å². The van der Waals surface area contributed by atoms with Crippen LogP contribution in [0.5, 0.6) is 0 Å². The van der Waals surface area contributed by atoms with Gasteiger partial charge in [-0.3, -0.25) is 4.79 Å². The van der Waals surface area contributed by atoms with Gasteiger partial charge in [-0.25, -0.2) is 8.42 Å². The predicted molar refractivity (Wildman–Crippen MR) is 97.5 cm³/mol. The zero-order valence-electron chi connectivity index (χ0n) is 14.0. The molecular weight excluding hydrogens is 360 g/mol. The van der Waals surface area contributed by atoms with Gasteiger partial charge in [-0.15, -0.1) is 0 Å². The normalized spacial score (nSPS) is 21.8. The zero-order valence-corrected chi connectivity index (χ0v) is 15.6. The highest BCUT2D eigenvalue weighted by Gasteiger charge is 2.32. The first kappa shape index (κ1) is 18.1. The Bertz CT molecular complexity index is 822. The van der Waals surface area contributed by atoms with Gasteiger partial charge in [0.05, 0.1) is 22.7 Å². The van der Waals surface area contributed by atoms with Gasteiger partial charge in [-0.05, 0) is 49.6 Å². The van der Waals surface area contributed by atoms with E-state index in [2.05, 4.69) is 5.32 Å². The Balaban J connectivity index is 1.74. The van der Waals surface area contributed by atoms with Gasteiger partial charge in [0.15, 0.2) is 0 Å². The van der Waals surface area contributed by atoms with Crippen molar-refractivity contribution in [3.63, 3.8) is 0 Å². The van der Waals surface area contributed by atoms with Crippen molar-refractivity contribution in [1.29, 1.82) is 0 Å². The number of ether oxygens (including phenoxy) is 1. The first-order valence-corrected chi connectivity index (χ1v) is 10.3. The van der Waals surface area contributed by atoms with E-state index in [4.69, 9.17) is 4.74 Å². The minimum atomic E-state index is -3.57. The monoisotopic (exact) mass is 380 g/mol. The van der Waals surface area contributed by atoms with Gasteiger partial charge >= 0.3 is 0 Å². The Morgan fingerprint density at radius 3 is 2.36 bits per heavy atom. The van der Waals surface area contributed by atoms with E-state index in [1.165, 1.54) is 27.8 Å². The smallest absolute Gasteiger partial charge is 0.256 e. The standard InChI is InChI=1S/C17H20N2O4S2/c1-12-9-19(10-13(2)23-12)25(21,22)16-5-3-15(4-6-16)18-17(20)14-7-8-24-11-14/h3-8,11-13H,9-10H2,1-2H3,(H,18,20). The summed E-state index contributed by atoms with van der Waals surface area (Å²) >= 11 is 1.44. The average Bonchev–Trinajstić information content (AvgIpc) is 3.09. The van der Waals surface area contributed by atoms with Crippen LogP contribution in [0.4, 0.5) is 5.69 Å². The van der Waals surface area contributed by atoms with Crippen LogP contribution in [-0.2, 0) is 14.8 Å². The van der Waals surface area contributed by atoms with Crippen LogP contribution >= 0.6 is 11.3 Å². The third-order valence-corrected chi connectivity index (χ3v) is 6.45. The molecule has 2 atom stereocenters. The summed E-state index contributed by atoms with van der Waals surface area (Å²) < 4.78 is 32.6. The predicted octanol–water partition coefficient (Wildman–Crippen LogP) is 2.80. The lowest BCUT2D eigenvalue weighted by molar-refractivity contribution is -0.0440. The van der Waals surface area contributed by atoms with Crippen molar-refractivity contribution in [2.24, 2.45) is 0 Å². The lowest BCUT2D eigenvalue weighted by Gasteiger charge is -2.34. The fraction of sp³-hybridized carbons (Fsp3) is 0.353. The summed E-state index contributed by atoms with van der Waals surface area (Å²) in [6.07, 6.45) is -0.273. The second-order valence-corrected chi connectivity index (χ2v) is 8.79.